The molecule has 0 fully saturated rings. The molecule has 0 amide bonds. The number of carbonyl (C=O) groups excluding carboxylic acids is 1. The average molecular weight is 348 g/mol. The zero-order chi connectivity index (χ0) is 18.8. The number of carboxylic acid groups (broad SMARTS) is 1. The highest BCUT2D eigenvalue weighted by molar-refractivity contribution is 5.90. The summed E-state index contributed by atoms with van der Waals surface area (Å²) in [6.07, 6.45) is -0.173. The molecule has 25 heavy (non-hydrogen) atoms. The fourth-order valence-electron chi connectivity index (χ4n) is 2.27. The predicted molar refractivity (Wildman–Crippen MR) is 84.7 cm³/mol. The Morgan fingerprint density at radius 2 is 1.76 bits per heavy atom. The molecule has 0 bridgehead atoms. The van der Waals surface area contributed by atoms with E-state index in [1.54, 1.807) is 18.2 Å². The summed E-state index contributed by atoms with van der Waals surface area (Å²) in [4.78, 5) is 23.4. The highest BCUT2D eigenvalue weighted by Crippen LogP contribution is 2.41. The Balaban J connectivity index is 2.43. The van der Waals surface area contributed by atoms with Gasteiger partial charge in [0, 0.05) is 0 Å². The lowest BCUT2D eigenvalue weighted by Crippen LogP contribution is -2.43. The van der Waals surface area contributed by atoms with Crippen LogP contribution in [0.4, 0.5) is 0 Å². The third kappa shape index (κ3) is 3.01. The van der Waals surface area contributed by atoms with E-state index in [-0.39, 0.29) is 12.0 Å². The van der Waals surface area contributed by atoms with Gasteiger partial charge in [-0.1, -0.05) is 31.7 Å². The van der Waals surface area contributed by atoms with Gasteiger partial charge in [0.2, 0.25) is 17.1 Å². The van der Waals surface area contributed by atoms with Gasteiger partial charge in [-0.2, -0.15) is 0 Å². The Hall–Kier alpha value is -3.42. The first-order chi connectivity index (χ1) is 11.7. The number of aliphatic hydroxyl groups is 3. The quantitative estimate of drug-likeness (QED) is 0.471. The van der Waals surface area contributed by atoms with Crippen molar-refractivity contribution >= 4 is 11.9 Å². The van der Waals surface area contributed by atoms with Crippen molar-refractivity contribution in [3.63, 3.8) is 0 Å². The summed E-state index contributed by atoms with van der Waals surface area (Å²) in [6.45, 7) is 4.78. The monoisotopic (exact) mass is 348 g/mol. The van der Waals surface area contributed by atoms with Crippen molar-refractivity contribution in [3.05, 3.63) is 71.3 Å². The number of carboxylic acids is 1. The van der Waals surface area contributed by atoms with Crippen LogP contribution in [-0.2, 0) is 14.3 Å². The molecular weight excluding hydrogens is 332 g/mol. The van der Waals surface area contributed by atoms with Gasteiger partial charge in [0.15, 0.2) is 5.76 Å². The molecule has 4 N–H and O–H groups in total. The van der Waals surface area contributed by atoms with Crippen molar-refractivity contribution < 1.29 is 39.5 Å². The van der Waals surface area contributed by atoms with Crippen molar-refractivity contribution in [2.75, 3.05) is 0 Å². The van der Waals surface area contributed by atoms with E-state index in [0.717, 1.165) is 0 Å². The maximum absolute atomic E-state index is 12.1. The van der Waals surface area contributed by atoms with E-state index in [1.165, 1.54) is 19.1 Å². The van der Waals surface area contributed by atoms with E-state index in [9.17, 15) is 24.9 Å². The fourth-order valence-corrected chi connectivity index (χ4v) is 2.27. The average Bonchev–Trinajstić information content (AvgIpc) is 2.62. The Morgan fingerprint density at radius 1 is 1.16 bits per heavy atom. The molecule has 1 atom stereocenters. The van der Waals surface area contributed by atoms with Gasteiger partial charge in [-0.3, -0.25) is 0 Å². The first-order valence-corrected chi connectivity index (χ1v) is 7.19. The number of esters is 1. The van der Waals surface area contributed by atoms with Gasteiger partial charge < -0.3 is 29.9 Å². The summed E-state index contributed by atoms with van der Waals surface area (Å²) in [6, 6.07) is 7.73. The number of hydrogen-bond acceptors (Lipinski definition) is 7. The highest BCUT2D eigenvalue weighted by Gasteiger charge is 2.50. The standard InChI is InChI=1S/C17H16O8/c1-3-17(9(2)14(21)22)13(20)11(18)12(19)16(25-17)24-15(23)10-7-5-4-6-8-10/h4-8,18-20H,2-3H2,1H3,(H,21,22). The zero-order valence-corrected chi connectivity index (χ0v) is 13.2. The second-order valence-corrected chi connectivity index (χ2v) is 5.16. The van der Waals surface area contributed by atoms with Crippen LogP contribution in [0.3, 0.4) is 0 Å². The highest BCUT2D eigenvalue weighted by atomic mass is 16.7. The molecular formula is C17H16O8. The van der Waals surface area contributed by atoms with Crippen LogP contribution in [0, 0.1) is 0 Å². The molecule has 1 unspecified atom stereocenters. The summed E-state index contributed by atoms with van der Waals surface area (Å²) in [5.74, 6) is -6.30. The van der Waals surface area contributed by atoms with Crippen LogP contribution in [0.2, 0.25) is 0 Å². The Bertz CT molecular complexity index is 790. The molecule has 0 saturated heterocycles. The van der Waals surface area contributed by atoms with Gasteiger partial charge in [-0.05, 0) is 18.6 Å². The van der Waals surface area contributed by atoms with Crippen LogP contribution >= 0.6 is 0 Å². The maximum atomic E-state index is 12.1. The normalized spacial score (nSPS) is 20.0. The van der Waals surface area contributed by atoms with Crippen LogP contribution in [0.25, 0.3) is 0 Å². The van der Waals surface area contributed by atoms with Crippen molar-refractivity contribution in [1.82, 2.24) is 0 Å². The Kier molecular flexibility index (Phi) is 4.73. The summed E-state index contributed by atoms with van der Waals surface area (Å²) in [7, 11) is 0. The van der Waals surface area contributed by atoms with Gasteiger partial charge in [0.05, 0.1) is 11.1 Å². The minimum absolute atomic E-state index is 0.129. The van der Waals surface area contributed by atoms with Crippen molar-refractivity contribution in [1.29, 1.82) is 0 Å². The smallest absolute Gasteiger partial charge is 0.345 e. The molecule has 1 aromatic rings. The third-order valence-corrected chi connectivity index (χ3v) is 3.73. The number of aliphatic hydroxyl groups excluding tert-OH is 3. The number of aliphatic carboxylic acids is 1. The molecule has 0 aromatic heterocycles. The molecule has 1 aromatic carbocycles. The number of benzene rings is 1. The van der Waals surface area contributed by atoms with E-state index >= 15 is 0 Å². The second-order valence-electron chi connectivity index (χ2n) is 5.16. The Labute approximate surface area is 142 Å². The van der Waals surface area contributed by atoms with Crippen LogP contribution in [-0.4, -0.2) is 38.0 Å². The zero-order valence-electron chi connectivity index (χ0n) is 13.2. The summed E-state index contributed by atoms with van der Waals surface area (Å²) < 4.78 is 10.2. The number of ether oxygens (including phenoxy) is 2. The fraction of sp³-hybridized carbons (Fsp3) is 0.176. The van der Waals surface area contributed by atoms with Gasteiger partial charge in [-0.15, -0.1) is 0 Å². The first kappa shape index (κ1) is 17.9. The number of rotatable bonds is 5. The van der Waals surface area contributed by atoms with Crippen LogP contribution in [0.1, 0.15) is 23.7 Å². The lowest BCUT2D eigenvalue weighted by molar-refractivity contribution is -0.137. The SMILES string of the molecule is C=C(C(=O)O)C1(CC)OC(OC(=O)c2ccccc2)=C(O)C(O)=C1O. The third-order valence-electron chi connectivity index (χ3n) is 3.73. The molecule has 132 valence electrons. The van der Waals surface area contributed by atoms with Crippen molar-refractivity contribution in [2.24, 2.45) is 0 Å². The topological polar surface area (TPSA) is 134 Å². The molecule has 1 aliphatic heterocycles. The molecule has 0 saturated carbocycles. The lowest BCUT2D eigenvalue weighted by Gasteiger charge is -2.36. The van der Waals surface area contributed by atoms with Gasteiger partial charge in [0.1, 0.15) is 0 Å². The number of carbonyl (C=O) groups is 2. The minimum Gasteiger partial charge on any atom is -0.505 e. The molecule has 0 spiro atoms. The van der Waals surface area contributed by atoms with Gasteiger partial charge in [0.25, 0.3) is 0 Å². The van der Waals surface area contributed by atoms with Crippen molar-refractivity contribution in [2.45, 2.75) is 18.9 Å². The van der Waals surface area contributed by atoms with Crippen LogP contribution < -0.4 is 0 Å². The largest absolute Gasteiger partial charge is 0.505 e. The molecule has 1 heterocycles. The molecule has 8 heteroatoms. The number of hydrogen-bond donors (Lipinski definition) is 4. The predicted octanol–water partition coefficient (Wildman–Crippen LogP) is 2.72. The van der Waals surface area contributed by atoms with Crippen LogP contribution in [0.5, 0.6) is 0 Å². The van der Waals surface area contributed by atoms with E-state index < -0.39 is 46.3 Å². The lowest BCUT2D eigenvalue weighted by atomic mass is 9.87. The summed E-state index contributed by atoms with van der Waals surface area (Å²) in [5.41, 5.74) is -2.57. The first-order valence-electron chi connectivity index (χ1n) is 7.19. The minimum atomic E-state index is -2.09. The van der Waals surface area contributed by atoms with Gasteiger partial charge in [-0.25, -0.2) is 9.59 Å². The molecule has 8 nitrogen and oxygen atoms in total. The second kappa shape index (κ2) is 6.60. The maximum Gasteiger partial charge on any atom is 0.345 e. The molecule has 0 radical (unpaired) electrons. The van der Waals surface area contributed by atoms with Crippen LogP contribution in [0.15, 0.2) is 65.7 Å². The van der Waals surface area contributed by atoms with E-state index in [1.807, 2.05) is 0 Å². The molecule has 1 aliphatic rings. The summed E-state index contributed by atoms with van der Waals surface area (Å²) in [5, 5.41) is 39.1. The van der Waals surface area contributed by atoms with Crippen molar-refractivity contribution in [3.8, 4) is 0 Å². The van der Waals surface area contributed by atoms with Gasteiger partial charge >= 0.3 is 17.9 Å². The van der Waals surface area contributed by atoms with E-state index in [4.69, 9.17) is 14.6 Å². The molecule has 2 rings (SSSR count). The Morgan fingerprint density at radius 3 is 2.28 bits per heavy atom. The van der Waals surface area contributed by atoms with E-state index in [0.29, 0.717) is 0 Å². The summed E-state index contributed by atoms with van der Waals surface area (Å²) >= 11 is 0. The van der Waals surface area contributed by atoms with E-state index in [2.05, 4.69) is 6.58 Å². The molecule has 0 aliphatic carbocycles.